The van der Waals surface area contributed by atoms with Gasteiger partial charge in [-0.2, -0.15) is 23.7 Å². The lowest BCUT2D eigenvalue weighted by molar-refractivity contribution is -0.137. The minimum atomic E-state index is -4.58. The molecule has 8 heteroatoms. The van der Waals surface area contributed by atoms with Crippen molar-refractivity contribution in [2.24, 2.45) is 0 Å². The molecule has 2 heterocycles. The molecule has 0 bridgehead atoms. The van der Waals surface area contributed by atoms with Gasteiger partial charge in [0.2, 0.25) is 0 Å². The number of nitriles is 2. The fraction of sp³-hybridized carbons (Fsp3) is 0.381. The number of halogens is 3. The van der Waals surface area contributed by atoms with Crippen LogP contribution < -0.4 is 9.80 Å². The van der Waals surface area contributed by atoms with Crippen LogP contribution in [0.1, 0.15) is 36.5 Å². The van der Waals surface area contributed by atoms with E-state index in [0.717, 1.165) is 31.1 Å². The Labute approximate surface area is 167 Å². The number of pyridine rings is 1. The van der Waals surface area contributed by atoms with Gasteiger partial charge in [0.25, 0.3) is 0 Å². The highest BCUT2D eigenvalue weighted by Gasteiger charge is 2.35. The number of benzene rings is 1. The fourth-order valence-electron chi connectivity index (χ4n) is 3.80. The number of nitrogens with zero attached hydrogens (tertiary/aromatic N) is 5. The second kappa shape index (κ2) is 8.40. The van der Waals surface area contributed by atoms with E-state index in [1.807, 2.05) is 11.8 Å². The van der Waals surface area contributed by atoms with Gasteiger partial charge in [-0.25, -0.2) is 0 Å². The van der Waals surface area contributed by atoms with Crippen molar-refractivity contribution in [3.63, 3.8) is 0 Å². The molecule has 1 saturated heterocycles. The standard InChI is InChI=1S/C21H20F3N5/c1-2-29(17-6-5-16(11-26)20(9-17)21(22,23)24)18-4-3-7-28(14-18)19-8-15(10-25)12-27-13-19/h5-6,8-9,12-13,18H,2-4,7,14H2,1H3. The summed E-state index contributed by atoms with van der Waals surface area (Å²) in [5.74, 6) is 0. The van der Waals surface area contributed by atoms with Crippen molar-refractivity contribution in [3.05, 3.63) is 53.3 Å². The lowest BCUT2D eigenvalue weighted by Gasteiger charge is -2.41. The van der Waals surface area contributed by atoms with Gasteiger partial charge in [-0.15, -0.1) is 0 Å². The molecule has 150 valence electrons. The largest absolute Gasteiger partial charge is 0.417 e. The Bertz CT molecular complexity index is 958. The molecule has 29 heavy (non-hydrogen) atoms. The van der Waals surface area contributed by atoms with Gasteiger partial charge in [0.05, 0.1) is 34.6 Å². The van der Waals surface area contributed by atoms with E-state index in [4.69, 9.17) is 10.5 Å². The molecule has 0 spiro atoms. The number of hydrogen-bond acceptors (Lipinski definition) is 5. The van der Waals surface area contributed by atoms with Crippen LogP contribution in [0.2, 0.25) is 0 Å². The Morgan fingerprint density at radius 2 is 2.00 bits per heavy atom. The van der Waals surface area contributed by atoms with Gasteiger partial charge in [-0.05, 0) is 44.0 Å². The summed E-state index contributed by atoms with van der Waals surface area (Å²) in [6, 6.07) is 9.37. The average molecular weight is 399 g/mol. The lowest BCUT2D eigenvalue weighted by Crippen LogP contribution is -2.48. The number of alkyl halides is 3. The summed E-state index contributed by atoms with van der Waals surface area (Å²) >= 11 is 0. The highest BCUT2D eigenvalue weighted by atomic mass is 19.4. The van der Waals surface area contributed by atoms with E-state index in [2.05, 4.69) is 16.0 Å². The first-order valence-corrected chi connectivity index (χ1v) is 9.35. The molecule has 1 atom stereocenters. The van der Waals surface area contributed by atoms with Crippen LogP contribution in [0.25, 0.3) is 0 Å². The molecule has 3 rings (SSSR count). The van der Waals surface area contributed by atoms with E-state index in [0.29, 0.717) is 24.3 Å². The number of hydrogen-bond donors (Lipinski definition) is 0. The molecule has 1 fully saturated rings. The third-order valence-electron chi connectivity index (χ3n) is 5.16. The molecule has 1 aliphatic rings. The van der Waals surface area contributed by atoms with Gasteiger partial charge >= 0.3 is 6.18 Å². The molecule has 1 aromatic carbocycles. The molecular formula is C21H20F3N5. The Morgan fingerprint density at radius 1 is 1.21 bits per heavy atom. The Morgan fingerprint density at radius 3 is 2.66 bits per heavy atom. The molecule has 0 saturated carbocycles. The van der Waals surface area contributed by atoms with Gasteiger partial charge < -0.3 is 9.80 Å². The normalized spacial score (nSPS) is 16.8. The summed E-state index contributed by atoms with van der Waals surface area (Å²) in [5, 5.41) is 18.1. The predicted octanol–water partition coefficient (Wildman–Crippen LogP) is 4.34. The second-order valence-electron chi connectivity index (χ2n) is 6.91. The summed E-state index contributed by atoms with van der Waals surface area (Å²) in [7, 11) is 0. The van der Waals surface area contributed by atoms with Crippen molar-refractivity contribution in [3.8, 4) is 12.1 Å². The number of rotatable bonds is 4. The highest BCUT2D eigenvalue weighted by Crippen LogP contribution is 2.35. The quantitative estimate of drug-likeness (QED) is 0.765. The Balaban J connectivity index is 1.88. The van der Waals surface area contributed by atoms with Crippen LogP contribution in [-0.4, -0.2) is 30.7 Å². The summed E-state index contributed by atoms with van der Waals surface area (Å²) in [4.78, 5) is 8.16. The van der Waals surface area contributed by atoms with Crippen LogP contribution >= 0.6 is 0 Å². The first-order valence-electron chi connectivity index (χ1n) is 9.35. The maximum absolute atomic E-state index is 13.4. The SMILES string of the molecule is CCN(c1ccc(C#N)c(C(F)(F)F)c1)C1CCCN(c2cncc(C#N)c2)C1. The lowest BCUT2D eigenvalue weighted by atomic mass is 10.0. The number of likely N-dealkylation sites (N-methyl/N-ethyl adjacent to an activating group) is 1. The van der Waals surface area contributed by atoms with Crippen molar-refractivity contribution in [1.29, 1.82) is 10.5 Å². The first-order chi connectivity index (χ1) is 13.9. The topological polar surface area (TPSA) is 67.0 Å². The van der Waals surface area contributed by atoms with Gasteiger partial charge in [-0.3, -0.25) is 4.98 Å². The Kier molecular flexibility index (Phi) is 5.93. The number of aromatic nitrogens is 1. The van der Waals surface area contributed by atoms with E-state index >= 15 is 0 Å². The fourth-order valence-corrected chi connectivity index (χ4v) is 3.80. The van der Waals surface area contributed by atoms with E-state index in [-0.39, 0.29) is 11.6 Å². The van der Waals surface area contributed by atoms with Crippen LogP contribution in [0.15, 0.2) is 36.7 Å². The zero-order valence-corrected chi connectivity index (χ0v) is 15.9. The number of piperidine rings is 1. The van der Waals surface area contributed by atoms with E-state index in [9.17, 15) is 13.2 Å². The first kappa shape index (κ1) is 20.5. The maximum Gasteiger partial charge on any atom is 0.417 e. The van der Waals surface area contributed by atoms with Crippen LogP contribution in [0.5, 0.6) is 0 Å². The molecule has 1 unspecified atom stereocenters. The predicted molar refractivity (Wildman–Crippen MR) is 103 cm³/mol. The van der Waals surface area contributed by atoms with Crippen molar-refractivity contribution in [2.75, 3.05) is 29.4 Å². The minimum absolute atomic E-state index is 0.00788. The van der Waals surface area contributed by atoms with Gasteiger partial charge in [0, 0.05) is 37.6 Å². The van der Waals surface area contributed by atoms with E-state index < -0.39 is 11.7 Å². The summed E-state index contributed by atoms with van der Waals surface area (Å²) < 4.78 is 40.1. The van der Waals surface area contributed by atoms with Crippen LogP contribution in [0, 0.1) is 22.7 Å². The maximum atomic E-state index is 13.4. The molecule has 0 radical (unpaired) electrons. The second-order valence-corrected chi connectivity index (χ2v) is 6.91. The third-order valence-corrected chi connectivity index (χ3v) is 5.16. The molecule has 0 N–H and O–H groups in total. The summed E-state index contributed by atoms with van der Waals surface area (Å²) in [5.41, 5.74) is 0.477. The molecule has 2 aromatic rings. The van der Waals surface area contributed by atoms with Crippen LogP contribution in [0.4, 0.5) is 24.5 Å². The van der Waals surface area contributed by atoms with Gasteiger partial charge in [-0.1, -0.05) is 0 Å². The van der Waals surface area contributed by atoms with Crippen molar-refractivity contribution in [1.82, 2.24) is 4.98 Å². The molecule has 1 aromatic heterocycles. The molecule has 1 aliphatic heterocycles. The van der Waals surface area contributed by atoms with Crippen molar-refractivity contribution < 1.29 is 13.2 Å². The van der Waals surface area contributed by atoms with Crippen molar-refractivity contribution in [2.45, 2.75) is 32.0 Å². The zero-order valence-electron chi connectivity index (χ0n) is 15.9. The van der Waals surface area contributed by atoms with Crippen molar-refractivity contribution >= 4 is 11.4 Å². The smallest absolute Gasteiger partial charge is 0.368 e. The summed E-state index contributed by atoms with van der Waals surface area (Å²) in [6.45, 7) is 3.86. The molecular weight excluding hydrogens is 379 g/mol. The summed E-state index contributed by atoms with van der Waals surface area (Å²) in [6.07, 6.45) is 0.335. The highest BCUT2D eigenvalue weighted by molar-refractivity contribution is 5.56. The van der Waals surface area contributed by atoms with Crippen LogP contribution in [0.3, 0.4) is 0 Å². The average Bonchev–Trinajstić information content (AvgIpc) is 2.74. The van der Waals surface area contributed by atoms with Crippen LogP contribution in [-0.2, 0) is 6.18 Å². The monoisotopic (exact) mass is 399 g/mol. The van der Waals surface area contributed by atoms with Gasteiger partial charge in [0.1, 0.15) is 6.07 Å². The van der Waals surface area contributed by atoms with E-state index in [1.165, 1.54) is 12.3 Å². The minimum Gasteiger partial charge on any atom is -0.368 e. The van der Waals surface area contributed by atoms with Gasteiger partial charge in [0.15, 0.2) is 0 Å². The molecule has 0 aliphatic carbocycles. The van der Waals surface area contributed by atoms with E-state index in [1.54, 1.807) is 24.4 Å². The Hall–Kier alpha value is -3.26. The zero-order chi connectivity index (χ0) is 21.0. The third kappa shape index (κ3) is 4.43. The molecule has 5 nitrogen and oxygen atoms in total. The number of anilines is 2. The molecule has 0 amide bonds.